The van der Waals surface area contributed by atoms with Crippen molar-refractivity contribution in [2.24, 2.45) is 5.92 Å². The number of aryl methyl sites for hydroxylation is 1. The van der Waals surface area contributed by atoms with E-state index in [0.29, 0.717) is 25.3 Å². The number of nitrogens with one attached hydrogen (secondary N) is 1. The van der Waals surface area contributed by atoms with Gasteiger partial charge in [0.2, 0.25) is 0 Å². The van der Waals surface area contributed by atoms with Gasteiger partial charge in [-0.2, -0.15) is 5.10 Å². The molecule has 1 saturated heterocycles. The van der Waals surface area contributed by atoms with Crippen molar-refractivity contribution in [2.45, 2.75) is 38.1 Å². The van der Waals surface area contributed by atoms with Crippen molar-refractivity contribution in [3.63, 3.8) is 0 Å². The van der Waals surface area contributed by atoms with Gasteiger partial charge in [-0.15, -0.1) is 0 Å². The third kappa shape index (κ3) is 2.49. The monoisotopic (exact) mass is 370 g/mol. The van der Waals surface area contributed by atoms with Crippen LogP contribution in [0.4, 0.5) is 5.69 Å². The molecule has 5 rings (SSSR count). The summed E-state index contributed by atoms with van der Waals surface area (Å²) in [5.41, 5.74) is 2.72. The van der Waals surface area contributed by atoms with Crippen LogP contribution in [0.5, 0.6) is 0 Å². The largest absolute Gasteiger partial charge is 0.733 e. The molecule has 2 aromatic heterocycles. The summed E-state index contributed by atoms with van der Waals surface area (Å²) in [6.45, 7) is 1.53. The fourth-order valence-electron chi connectivity index (χ4n) is 4.89. The normalized spacial score (nSPS) is 23.1. The molecule has 9 heteroatoms. The summed E-state index contributed by atoms with van der Waals surface area (Å²) in [6, 6.07) is 3.06. The highest BCUT2D eigenvalue weighted by Crippen LogP contribution is 2.36. The van der Waals surface area contributed by atoms with E-state index in [2.05, 4.69) is 10.2 Å². The lowest BCUT2D eigenvalue weighted by Gasteiger charge is -2.43. The molecule has 9 nitrogen and oxygen atoms in total. The van der Waals surface area contributed by atoms with Crippen molar-refractivity contribution in [1.29, 1.82) is 0 Å². The molecule has 0 saturated carbocycles. The molecule has 2 bridgehead atoms. The highest BCUT2D eigenvalue weighted by molar-refractivity contribution is 5.94. The number of piperidine rings is 1. The third-order valence-electron chi connectivity index (χ3n) is 6.09. The van der Waals surface area contributed by atoms with Crippen molar-refractivity contribution in [1.82, 2.24) is 19.7 Å². The van der Waals surface area contributed by atoms with Crippen molar-refractivity contribution in [3.8, 4) is 0 Å². The smallest absolute Gasteiger partial charge is 0.275 e. The maximum atomic E-state index is 13.1. The van der Waals surface area contributed by atoms with Gasteiger partial charge in [0.15, 0.2) is 5.69 Å². The van der Waals surface area contributed by atoms with Crippen LogP contribution in [0.1, 0.15) is 46.2 Å². The van der Waals surface area contributed by atoms with E-state index in [0.717, 1.165) is 42.6 Å². The Morgan fingerprint density at radius 2 is 2.15 bits per heavy atom. The Morgan fingerprint density at radius 3 is 2.96 bits per heavy atom. The molecule has 0 spiro atoms. The lowest BCUT2D eigenvalue weighted by molar-refractivity contribution is 0.0587. The standard InChI is InChI=1S/C18H20N5O4/c24-17-15(23(26)27)5-4-14-11-6-10(8-22(14)17)7-21(9-11)18(25)16-12-2-1-3-13(12)19-20-16/h4-5,10-11,26H,1-3,6-9H2,(H,19,20)/q-1/t10-,11?/m0/s1. The van der Waals surface area contributed by atoms with E-state index in [4.69, 9.17) is 5.21 Å². The van der Waals surface area contributed by atoms with E-state index >= 15 is 0 Å². The predicted octanol–water partition coefficient (Wildman–Crippen LogP) is 1.01. The first-order chi connectivity index (χ1) is 13.0. The number of pyridine rings is 1. The second-order valence-electron chi connectivity index (χ2n) is 7.72. The third-order valence-corrected chi connectivity index (χ3v) is 6.09. The Kier molecular flexibility index (Phi) is 3.63. The molecule has 142 valence electrons. The van der Waals surface area contributed by atoms with Crippen LogP contribution in [0, 0.1) is 11.1 Å². The fourth-order valence-corrected chi connectivity index (χ4v) is 4.89. The Bertz CT molecular complexity index is 979. The maximum absolute atomic E-state index is 13.1. The number of aromatic amines is 1. The first-order valence-electron chi connectivity index (χ1n) is 9.28. The van der Waals surface area contributed by atoms with Crippen LogP contribution in [0.3, 0.4) is 0 Å². The van der Waals surface area contributed by atoms with Gasteiger partial charge in [-0.3, -0.25) is 19.9 Å². The molecule has 2 N–H and O–H groups in total. The Morgan fingerprint density at radius 1 is 1.30 bits per heavy atom. The lowest BCUT2D eigenvalue weighted by Crippen LogP contribution is -2.49. The molecule has 2 atom stereocenters. The molecule has 3 aliphatic rings. The SMILES string of the molecule is O=C(c1n[nH]c2c1CCC2)N1CC2C[C@@H](C1)Cn1c2ccc(N([O-])O)c1=O. The summed E-state index contributed by atoms with van der Waals surface area (Å²) in [4.78, 5) is 27.4. The van der Waals surface area contributed by atoms with Crippen LogP contribution in [0.25, 0.3) is 0 Å². The van der Waals surface area contributed by atoms with E-state index in [1.807, 2.05) is 4.90 Å². The number of H-pyrrole nitrogens is 1. The molecule has 2 aromatic rings. The van der Waals surface area contributed by atoms with Crippen molar-refractivity contribution < 1.29 is 10.0 Å². The first-order valence-corrected chi connectivity index (χ1v) is 9.28. The van der Waals surface area contributed by atoms with Crippen molar-refractivity contribution in [3.05, 3.63) is 50.3 Å². The zero-order valence-corrected chi connectivity index (χ0v) is 14.7. The number of hydrogen-bond acceptors (Lipinski definition) is 6. The summed E-state index contributed by atoms with van der Waals surface area (Å²) in [5, 5.41) is 27.1. The highest BCUT2D eigenvalue weighted by Gasteiger charge is 2.38. The molecule has 0 aromatic carbocycles. The minimum Gasteiger partial charge on any atom is -0.733 e. The number of carbonyl (C=O) groups is 1. The molecule has 1 aliphatic carbocycles. The molecule has 1 fully saturated rings. The van der Waals surface area contributed by atoms with E-state index in [-0.39, 0.29) is 28.7 Å². The fraction of sp³-hybridized carbons (Fsp3) is 0.500. The number of rotatable bonds is 2. The average molecular weight is 370 g/mol. The Hall–Kier alpha value is -2.65. The molecule has 1 unspecified atom stereocenters. The summed E-state index contributed by atoms with van der Waals surface area (Å²) in [5.74, 6) is 0.130. The number of hydrogen-bond donors (Lipinski definition) is 2. The zero-order chi connectivity index (χ0) is 18.7. The highest BCUT2D eigenvalue weighted by atomic mass is 16.8. The molecule has 4 heterocycles. The number of likely N-dealkylation sites (tertiary alicyclic amines) is 1. The quantitative estimate of drug-likeness (QED) is 0.762. The Balaban J connectivity index is 1.45. The van der Waals surface area contributed by atoms with E-state index in [9.17, 15) is 14.8 Å². The number of amides is 1. The number of anilines is 1. The maximum Gasteiger partial charge on any atom is 0.275 e. The predicted molar refractivity (Wildman–Crippen MR) is 95.7 cm³/mol. The van der Waals surface area contributed by atoms with Gasteiger partial charge in [-0.05, 0) is 43.7 Å². The van der Waals surface area contributed by atoms with Gasteiger partial charge in [0.1, 0.15) is 5.69 Å². The second-order valence-corrected chi connectivity index (χ2v) is 7.72. The number of aromatic nitrogens is 3. The van der Waals surface area contributed by atoms with Crippen LogP contribution in [-0.2, 0) is 19.4 Å². The number of carbonyl (C=O) groups excluding carboxylic acids is 1. The van der Waals surface area contributed by atoms with Crippen LogP contribution in [-0.4, -0.2) is 43.9 Å². The van der Waals surface area contributed by atoms with Gasteiger partial charge < -0.3 is 19.9 Å². The van der Waals surface area contributed by atoms with Gasteiger partial charge in [-0.1, -0.05) is 0 Å². The summed E-state index contributed by atoms with van der Waals surface area (Å²) in [6.07, 6.45) is 3.79. The summed E-state index contributed by atoms with van der Waals surface area (Å²) >= 11 is 0. The minimum absolute atomic E-state index is 0.0361. The van der Waals surface area contributed by atoms with Crippen LogP contribution >= 0.6 is 0 Å². The van der Waals surface area contributed by atoms with Gasteiger partial charge in [0, 0.05) is 42.5 Å². The summed E-state index contributed by atoms with van der Waals surface area (Å²) < 4.78 is 1.57. The molecule has 0 radical (unpaired) electrons. The van der Waals surface area contributed by atoms with Gasteiger partial charge in [-0.25, -0.2) is 0 Å². The van der Waals surface area contributed by atoms with Crippen molar-refractivity contribution in [2.75, 3.05) is 18.3 Å². The summed E-state index contributed by atoms with van der Waals surface area (Å²) in [7, 11) is 0. The van der Waals surface area contributed by atoms with Crippen molar-refractivity contribution >= 4 is 11.6 Å². The zero-order valence-electron chi connectivity index (χ0n) is 14.7. The van der Waals surface area contributed by atoms with E-state index in [1.54, 1.807) is 10.6 Å². The van der Waals surface area contributed by atoms with Crippen LogP contribution in [0.15, 0.2) is 16.9 Å². The molecule has 2 aliphatic heterocycles. The Labute approximate surface area is 154 Å². The second kappa shape index (κ2) is 5.93. The van der Waals surface area contributed by atoms with E-state index < -0.39 is 5.56 Å². The van der Waals surface area contributed by atoms with Gasteiger partial charge in [0.05, 0.1) is 0 Å². The number of nitrogens with zero attached hydrogens (tertiary/aromatic N) is 4. The van der Waals surface area contributed by atoms with Crippen LogP contribution in [0.2, 0.25) is 0 Å². The van der Waals surface area contributed by atoms with Crippen LogP contribution < -0.4 is 10.8 Å². The first kappa shape index (κ1) is 16.5. The molecule has 27 heavy (non-hydrogen) atoms. The molecular weight excluding hydrogens is 350 g/mol. The minimum atomic E-state index is -0.482. The topological polar surface area (TPSA) is 118 Å². The van der Waals surface area contributed by atoms with Gasteiger partial charge >= 0.3 is 0 Å². The van der Waals surface area contributed by atoms with Gasteiger partial charge in [0.25, 0.3) is 11.5 Å². The average Bonchev–Trinajstić information content (AvgIpc) is 3.25. The number of fused-ring (bicyclic) bond motifs is 5. The van der Waals surface area contributed by atoms with E-state index in [1.165, 1.54) is 6.07 Å². The lowest BCUT2D eigenvalue weighted by atomic mass is 9.83. The molecule has 1 amide bonds. The molecular formula is C18H20N5O4-.